The van der Waals surface area contributed by atoms with E-state index in [0.717, 1.165) is 0 Å². The van der Waals surface area contributed by atoms with Crippen LogP contribution in [0.15, 0.2) is 24.3 Å². The Bertz CT molecular complexity index is 688. The van der Waals surface area contributed by atoms with Gasteiger partial charge in [0.2, 0.25) is 5.91 Å². The van der Waals surface area contributed by atoms with Crippen molar-refractivity contribution in [2.75, 3.05) is 11.1 Å². The third kappa shape index (κ3) is 2.49. The standard InChI is InChI=1S/C22H37N3O/c1-18(2,17(26)24-16-14-12-11-13-15(16)23)25-21(7,8)19(3,4)20(5,6)22(25,9)10/h11-14H,23H2,1-10H3,(H,24,26). The number of rotatable bonds is 3. The van der Waals surface area contributed by atoms with E-state index >= 15 is 0 Å². The number of nitrogen functional groups attached to an aromatic ring is 1. The zero-order chi connectivity index (χ0) is 20.3. The van der Waals surface area contributed by atoms with Gasteiger partial charge in [0.15, 0.2) is 0 Å². The number of benzene rings is 1. The van der Waals surface area contributed by atoms with E-state index in [4.69, 9.17) is 5.73 Å². The van der Waals surface area contributed by atoms with Crippen LogP contribution in [0.5, 0.6) is 0 Å². The fourth-order valence-corrected chi connectivity index (χ4v) is 5.17. The van der Waals surface area contributed by atoms with Crippen LogP contribution in [-0.4, -0.2) is 27.4 Å². The molecule has 1 aliphatic rings. The second-order valence-corrected chi connectivity index (χ2v) is 10.3. The van der Waals surface area contributed by atoms with Crippen molar-refractivity contribution in [3.05, 3.63) is 24.3 Å². The Morgan fingerprint density at radius 2 is 1.35 bits per heavy atom. The summed E-state index contributed by atoms with van der Waals surface area (Å²) in [4.78, 5) is 15.8. The molecule has 26 heavy (non-hydrogen) atoms. The van der Waals surface area contributed by atoms with Crippen LogP contribution in [0.25, 0.3) is 0 Å². The Morgan fingerprint density at radius 1 is 0.923 bits per heavy atom. The number of carbonyl (C=O) groups is 1. The number of likely N-dealkylation sites (tertiary alicyclic amines) is 1. The van der Waals surface area contributed by atoms with Crippen LogP contribution >= 0.6 is 0 Å². The number of nitrogens with one attached hydrogen (secondary N) is 1. The van der Waals surface area contributed by atoms with E-state index in [0.29, 0.717) is 11.4 Å². The third-order valence-electron chi connectivity index (χ3n) is 8.06. The zero-order valence-corrected chi connectivity index (χ0v) is 18.2. The molecule has 0 aromatic heterocycles. The molecule has 1 heterocycles. The smallest absolute Gasteiger partial charge is 0.244 e. The van der Waals surface area contributed by atoms with Crippen molar-refractivity contribution in [3.8, 4) is 0 Å². The number of amides is 1. The second-order valence-electron chi connectivity index (χ2n) is 10.3. The van der Waals surface area contributed by atoms with Gasteiger partial charge in [-0.25, -0.2) is 0 Å². The molecule has 1 aromatic rings. The predicted molar refractivity (Wildman–Crippen MR) is 111 cm³/mol. The fourth-order valence-electron chi connectivity index (χ4n) is 5.17. The molecule has 0 aliphatic carbocycles. The van der Waals surface area contributed by atoms with Crippen molar-refractivity contribution in [2.45, 2.75) is 85.9 Å². The van der Waals surface area contributed by atoms with Crippen LogP contribution in [0.1, 0.15) is 69.2 Å². The second kappa shape index (κ2) is 5.72. The van der Waals surface area contributed by atoms with E-state index in [9.17, 15) is 4.79 Å². The van der Waals surface area contributed by atoms with Crippen LogP contribution in [0, 0.1) is 10.8 Å². The molecule has 1 aromatic carbocycles. The fraction of sp³-hybridized carbons (Fsp3) is 0.682. The SMILES string of the molecule is CC(C)(C(=O)Nc1ccccc1N)N1C(C)(C)C(C)(C)C(C)(C)C1(C)C. The lowest BCUT2D eigenvalue weighted by Crippen LogP contribution is -2.65. The normalized spacial score (nSPS) is 23.6. The highest BCUT2D eigenvalue weighted by atomic mass is 16.2. The van der Waals surface area contributed by atoms with Gasteiger partial charge in [0, 0.05) is 11.1 Å². The van der Waals surface area contributed by atoms with E-state index < -0.39 is 5.54 Å². The average Bonchev–Trinajstić information content (AvgIpc) is 2.54. The van der Waals surface area contributed by atoms with E-state index in [1.54, 1.807) is 6.07 Å². The molecule has 0 bridgehead atoms. The molecule has 1 amide bonds. The van der Waals surface area contributed by atoms with Gasteiger partial charge in [-0.1, -0.05) is 39.8 Å². The lowest BCUT2D eigenvalue weighted by molar-refractivity contribution is -0.135. The molecule has 0 radical (unpaired) electrons. The van der Waals surface area contributed by atoms with Crippen LogP contribution in [0.4, 0.5) is 11.4 Å². The van der Waals surface area contributed by atoms with Gasteiger partial charge in [0.05, 0.1) is 16.9 Å². The molecular formula is C22H37N3O. The van der Waals surface area contributed by atoms with Gasteiger partial charge in [0.1, 0.15) is 0 Å². The summed E-state index contributed by atoms with van der Waals surface area (Å²) in [6.45, 7) is 22.3. The molecule has 0 saturated carbocycles. The van der Waals surface area contributed by atoms with Crippen molar-refractivity contribution in [2.24, 2.45) is 10.8 Å². The van der Waals surface area contributed by atoms with Crippen LogP contribution < -0.4 is 11.1 Å². The summed E-state index contributed by atoms with van der Waals surface area (Å²) >= 11 is 0. The predicted octanol–water partition coefficient (Wildman–Crippen LogP) is 4.91. The Kier molecular flexibility index (Phi) is 4.57. The molecule has 4 heteroatoms. The van der Waals surface area contributed by atoms with Gasteiger partial charge in [-0.3, -0.25) is 9.69 Å². The molecule has 3 N–H and O–H groups in total. The Morgan fingerprint density at radius 3 is 1.77 bits per heavy atom. The van der Waals surface area contributed by atoms with Gasteiger partial charge in [-0.05, 0) is 64.5 Å². The molecule has 1 fully saturated rings. The van der Waals surface area contributed by atoms with E-state index in [2.05, 4.69) is 65.6 Å². The number of carbonyl (C=O) groups excluding carboxylic acids is 1. The molecule has 1 saturated heterocycles. The van der Waals surface area contributed by atoms with Crippen molar-refractivity contribution < 1.29 is 4.79 Å². The van der Waals surface area contributed by atoms with Gasteiger partial charge in [-0.2, -0.15) is 0 Å². The molecule has 2 rings (SSSR count). The van der Waals surface area contributed by atoms with Crippen molar-refractivity contribution >= 4 is 17.3 Å². The van der Waals surface area contributed by atoms with Gasteiger partial charge < -0.3 is 11.1 Å². The monoisotopic (exact) mass is 359 g/mol. The van der Waals surface area contributed by atoms with Gasteiger partial charge in [-0.15, -0.1) is 0 Å². The number of nitrogens with zero attached hydrogens (tertiary/aromatic N) is 1. The summed E-state index contributed by atoms with van der Waals surface area (Å²) in [5.41, 5.74) is 6.23. The molecule has 0 atom stereocenters. The molecule has 1 aliphatic heterocycles. The highest BCUT2D eigenvalue weighted by molar-refractivity contribution is 5.99. The third-order valence-corrected chi connectivity index (χ3v) is 8.06. The summed E-state index contributed by atoms with van der Waals surface area (Å²) in [7, 11) is 0. The lowest BCUT2D eigenvalue weighted by Gasteiger charge is -2.52. The minimum atomic E-state index is -0.708. The zero-order valence-electron chi connectivity index (χ0n) is 18.2. The number of anilines is 2. The Balaban J connectivity index is 2.50. The first-order chi connectivity index (χ1) is 11.5. The van der Waals surface area contributed by atoms with E-state index in [1.807, 2.05) is 32.0 Å². The maximum Gasteiger partial charge on any atom is 0.244 e. The molecule has 4 nitrogen and oxygen atoms in total. The molecule has 0 unspecified atom stereocenters. The average molecular weight is 360 g/mol. The first-order valence-corrected chi connectivity index (χ1v) is 9.49. The highest BCUT2D eigenvalue weighted by Gasteiger charge is 2.70. The van der Waals surface area contributed by atoms with Crippen LogP contribution in [0.2, 0.25) is 0 Å². The summed E-state index contributed by atoms with van der Waals surface area (Å²) in [6.07, 6.45) is 0. The summed E-state index contributed by atoms with van der Waals surface area (Å²) in [5.74, 6) is -0.0370. The van der Waals surface area contributed by atoms with Gasteiger partial charge in [0.25, 0.3) is 0 Å². The molecule has 0 spiro atoms. The Labute approximate surface area is 159 Å². The van der Waals surface area contributed by atoms with Crippen LogP contribution in [0.3, 0.4) is 0 Å². The summed E-state index contributed by atoms with van der Waals surface area (Å²) in [6, 6.07) is 7.40. The largest absolute Gasteiger partial charge is 0.397 e. The molecule has 146 valence electrons. The Hall–Kier alpha value is -1.55. The minimum absolute atomic E-state index is 0.00677. The maximum atomic E-state index is 13.4. The lowest BCUT2D eigenvalue weighted by atomic mass is 9.57. The first kappa shape index (κ1) is 20.8. The highest BCUT2D eigenvalue weighted by Crippen LogP contribution is 2.65. The van der Waals surface area contributed by atoms with Crippen molar-refractivity contribution in [1.82, 2.24) is 4.90 Å². The summed E-state index contributed by atoms with van der Waals surface area (Å²) < 4.78 is 0. The molecular weight excluding hydrogens is 322 g/mol. The first-order valence-electron chi connectivity index (χ1n) is 9.49. The van der Waals surface area contributed by atoms with Crippen molar-refractivity contribution in [1.29, 1.82) is 0 Å². The quantitative estimate of drug-likeness (QED) is 0.754. The number of hydrogen-bond acceptors (Lipinski definition) is 3. The number of para-hydroxylation sites is 2. The van der Waals surface area contributed by atoms with Gasteiger partial charge >= 0.3 is 0 Å². The van der Waals surface area contributed by atoms with Crippen LogP contribution in [-0.2, 0) is 4.79 Å². The van der Waals surface area contributed by atoms with Crippen molar-refractivity contribution in [3.63, 3.8) is 0 Å². The number of nitrogens with two attached hydrogens (primary N) is 1. The van der Waals surface area contributed by atoms with E-state index in [-0.39, 0.29) is 27.8 Å². The number of hydrogen-bond donors (Lipinski definition) is 2. The van der Waals surface area contributed by atoms with E-state index in [1.165, 1.54) is 0 Å². The topological polar surface area (TPSA) is 58.4 Å². The maximum absolute atomic E-state index is 13.4. The summed E-state index contributed by atoms with van der Waals surface area (Å²) in [5, 5.41) is 3.05. The minimum Gasteiger partial charge on any atom is -0.397 e.